The monoisotopic (exact) mass is 253 g/mol. The Balaban J connectivity index is 2.09. The number of pyridine rings is 1. The quantitative estimate of drug-likeness (QED) is 0.780. The number of benzene rings is 1. The number of rotatable bonds is 3. The molecule has 0 unspecified atom stereocenters. The summed E-state index contributed by atoms with van der Waals surface area (Å²) in [5.74, 6) is 1.42. The van der Waals surface area contributed by atoms with E-state index in [-0.39, 0.29) is 0 Å². The summed E-state index contributed by atoms with van der Waals surface area (Å²) in [6.07, 6.45) is 3.59. The number of nitrogens with zero attached hydrogens (tertiary/aromatic N) is 1. The zero-order valence-corrected chi connectivity index (χ0v) is 10.7. The van der Waals surface area contributed by atoms with E-state index in [2.05, 4.69) is 16.0 Å². The largest absolute Gasteiger partial charge is 0.493 e. The van der Waals surface area contributed by atoms with E-state index in [9.17, 15) is 0 Å². The van der Waals surface area contributed by atoms with Crippen LogP contribution in [0, 0.1) is 6.07 Å². The number of methoxy groups -OCH3 is 2. The van der Waals surface area contributed by atoms with Crippen molar-refractivity contribution in [1.82, 2.24) is 9.97 Å². The van der Waals surface area contributed by atoms with Crippen molar-refractivity contribution in [3.63, 3.8) is 0 Å². The first-order valence-corrected chi connectivity index (χ1v) is 5.89. The summed E-state index contributed by atoms with van der Waals surface area (Å²) in [6.45, 7) is 0. The Bertz CT molecular complexity index is 719. The number of aromatic nitrogens is 2. The van der Waals surface area contributed by atoms with Crippen LogP contribution in [0.15, 0.2) is 36.7 Å². The van der Waals surface area contributed by atoms with Crippen molar-refractivity contribution >= 4 is 11.0 Å². The predicted molar refractivity (Wildman–Crippen MR) is 73.5 cm³/mol. The Morgan fingerprint density at radius 2 is 1.89 bits per heavy atom. The average molecular weight is 253 g/mol. The molecule has 0 saturated carbocycles. The molecule has 95 valence electrons. The molecule has 1 N–H and O–H groups in total. The van der Waals surface area contributed by atoms with Crippen LogP contribution in [0.3, 0.4) is 0 Å². The molecule has 2 heterocycles. The summed E-state index contributed by atoms with van der Waals surface area (Å²) in [7, 11) is 3.25. The molecular weight excluding hydrogens is 240 g/mol. The Labute approximate surface area is 111 Å². The normalized spacial score (nSPS) is 10.6. The van der Waals surface area contributed by atoms with Gasteiger partial charge < -0.3 is 14.5 Å². The fraction of sp³-hybridized carbons (Fsp3) is 0.133. The third-order valence-electron chi connectivity index (χ3n) is 3.04. The molecule has 4 nitrogen and oxygen atoms in total. The lowest BCUT2D eigenvalue weighted by Crippen LogP contribution is -1.91. The lowest BCUT2D eigenvalue weighted by molar-refractivity contribution is 0.355. The van der Waals surface area contributed by atoms with Gasteiger partial charge in [-0.25, -0.2) is 4.98 Å². The lowest BCUT2D eigenvalue weighted by atomic mass is 10.1. The summed E-state index contributed by atoms with van der Waals surface area (Å²) >= 11 is 0. The maximum atomic E-state index is 5.31. The first-order valence-electron chi connectivity index (χ1n) is 5.89. The van der Waals surface area contributed by atoms with E-state index >= 15 is 0 Å². The molecule has 1 aromatic carbocycles. The molecule has 4 heteroatoms. The standard InChI is InChI=1S/C15H13N2O2/c1-18-13-4-3-10(8-14(13)19-2)12-7-11-5-6-16-15(11)17-9-12/h3-4,6-9H,1-2H3,(H,16,17). The number of nitrogens with one attached hydrogen (secondary N) is 1. The minimum absolute atomic E-state index is 0.707. The van der Waals surface area contributed by atoms with Gasteiger partial charge in [-0.15, -0.1) is 0 Å². The first kappa shape index (κ1) is 11.6. The van der Waals surface area contributed by atoms with E-state index in [1.54, 1.807) is 20.4 Å². The van der Waals surface area contributed by atoms with Crippen LogP contribution in [0.5, 0.6) is 11.5 Å². The van der Waals surface area contributed by atoms with Gasteiger partial charge in [-0.1, -0.05) is 6.07 Å². The highest BCUT2D eigenvalue weighted by Gasteiger charge is 2.07. The topological polar surface area (TPSA) is 47.1 Å². The smallest absolute Gasteiger partial charge is 0.161 e. The van der Waals surface area contributed by atoms with E-state index in [4.69, 9.17) is 9.47 Å². The molecule has 0 aliphatic rings. The van der Waals surface area contributed by atoms with Crippen molar-refractivity contribution in [3.8, 4) is 22.6 Å². The highest BCUT2D eigenvalue weighted by molar-refractivity contribution is 5.81. The van der Waals surface area contributed by atoms with Crippen LogP contribution in [0.1, 0.15) is 0 Å². The maximum absolute atomic E-state index is 5.31. The van der Waals surface area contributed by atoms with Gasteiger partial charge in [-0.05, 0) is 23.8 Å². The Morgan fingerprint density at radius 3 is 2.68 bits per heavy atom. The van der Waals surface area contributed by atoms with Crippen molar-refractivity contribution in [2.24, 2.45) is 0 Å². The van der Waals surface area contributed by atoms with Crippen LogP contribution in [0.2, 0.25) is 0 Å². The number of fused-ring (bicyclic) bond motifs is 1. The molecular formula is C15H13N2O2. The number of hydrogen-bond acceptors (Lipinski definition) is 3. The number of hydrogen-bond donors (Lipinski definition) is 1. The third-order valence-corrected chi connectivity index (χ3v) is 3.04. The van der Waals surface area contributed by atoms with Crippen molar-refractivity contribution in [3.05, 3.63) is 42.7 Å². The lowest BCUT2D eigenvalue weighted by Gasteiger charge is -2.09. The van der Waals surface area contributed by atoms with Gasteiger partial charge in [-0.2, -0.15) is 0 Å². The van der Waals surface area contributed by atoms with Crippen molar-refractivity contribution in [2.45, 2.75) is 0 Å². The van der Waals surface area contributed by atoms with Gasteiger partial charge in [0.2, 0.25) is 0 Å². The fourth-order valence-corrected chi connectivity index (χ4v) is 2.05. The molecule has 0 aliphatic heterocycles. The van der Waals surface area contributed by atoms with Crippen molar-refractivity contribution in [2.75, 3.05) is 14.2 Å². The van der Waals surface area contributed by atoms with Crippen LogP contribution in [-0.4, -0.2) is 24.2 Å². The minimum Gasteiger partial charge on any atom is -0.493 e. The van der Waals surface area contributed by atoms with Gasteiger partial charge in [0.15, 0.2) is 11.5 Å². The molecule has 0 atom stereocenters. The van der Waals surface area contributed by atoms with Crippen LogP contribution < -0.4 is 9.47 Å². The summed E-state index contributed by atoms with van der Waals surface area (Å²) in [5, 5.41) is 0.965. The van der Waals surface area contributed by atoms with Gasteiger partial charge in [-0.3, -0.25) is 0 Å². The zero-order chi connectivity index (χ0) is 13.2. The zero-order valence-electron chi connectivity index (χ0n) is 10.7. The van der Waals surface area contributed by atoms with Crippen LogP contribution in [0.4, 0.5) is 0 Å². The number of ether oxygens (including phenoxy) is 2. The van der Waals surface area contributed by atoms with Gasteiger partial charge in [0.25, 0.3) is 0 Å². The highest BCUT2D eigenvalue weighted by Crippen LogP contribution is 2.32. The van der Waals surface area contributed by atoms with E-state index in [0.717, 1.165) is 22.2 Å². The molecule has 0 fully saturated rings. The number of aromatic amines is 1. The number of H-pyrrole nitrogens is 1. The van der Waals surface area contributed by atoms with Gasteiger partial charge >= 0.3 is 0 Å². The summed E-state index contributed by atoms with van der Waals surface area (Å²) in [6, 6.07) is 11.0. The molecule has 1 radical (unpaired) electrons. The third kappa shape index (κ3) is 2.01. The average Bonchev–Trinajstić information content (AvgIpc) is 2.93. The summed E-state index contributed by atoms with van der Waals surface area (Å²) in [4.78, 5) is 7.38. The summed E-state index contributed by atoms with van der Waals surface area (Å²) in [5.41, 5.74) is 2.88. The predicted octanol–water partition coefficient (Wildman–Crippen LogP) is 3.05. The van der Waals surface area contributed by atoms with Gasteiger partial charge in [0, 0.05) is 29.4 Å². The second kappa shape index (κ2) is 4.65. The van der Waals surface area contributed by atoms with Crippen LogP contribution in [0.25, 0.3) is 22.2 Å². The molecule has 0 saturated heterocycles. The van der Waals surface area contributed by atoms with Crippen molar-refractivity contribution in [1.29, 1.82) is 0 Å². The van der Waals surface area contributed by atoms with Gasteiger partial charge in [0.1, 0.15) is 5.65 Å². The van der Waals surface area contributed by atoms with Gasteiger partial charge in [0.05, 0.1) is 14.2 Å². The van der Waals surface area contributed by atoms with E-state index in [1.165, 1.54) is 0 Å². The van der Waals surface area contributed by atoms with Crippen LogP contribution >= 0.6 is 0 Å². The molecule has 2 aromatic heterocycles. The van der Waals surface area contributed by atoms with E-state index < -0.39 is 0 Å². The van der Waals surface area contributed by atoms with Crippen molar-refractivity contribution < 1.29 is 9.47 Å². The molecule has 3 aromatic rings. The first-order chi connectivity index (χ1) is 9.31. The molecule has 0 bridgehead atoms. The summed E-state index contributed by atoms with van der Waals surface area (Å²) < 4.78 is 10.5. The highest BCUT2D eigenvalue weighted by atomic mass is 16.5. The molecule has 0 spiro atoms. The molecule has 0 amide bonds. The molecule has 19 heavy (non-hydrogen) atoms. The minimum atomic E-state index is 0.707. The van der Waals surface area contributed by atoms with E-state index in [1.807, 2.05) is 30.5 Å². The van der Waals surface area contributed by atoms with E-state index in [0.29, 0.717) is 11.5 Å². The maximum Gasteiger partial charge on any atom is 0.161 e. The fourth-order valence-electron chi connectivity index (χ4n) is 2.05. The second-order valence-corrected chi connectivity index (χ2v) is 4.12. The Morgan fingerprint density at radius 1 is 1.05 bits per heavy atom. The SMILES string of the molecule is COc1ccc(-c2cnc3[nH]c[c]c3c2)cc1OC. The Hall–Kier alpha value is -2.49. The second-order valence-electron chi connectivity index (χ2n) is 4.12. The Kier molecular flexibility index (Phi) is 2.83. The molecule has 0 aliphatic carbocycles. The van der Waals surface area contributed by atoms with Crippen LogP contribution in [-0.2, 0) is 0 Å². The molecule has 3 rings (SSSR count).